The number of carbonyl (C=O) groups is 1. The SMILES string of the molecule is C/C=C\[C@@H]1C[C@H](C(C)=O)N(C)C1C(N)C(C)(COC)OC. The largest absolute Gasteiger partial charge is 0.382 e. The second kappa shape index (κ2) is 7.49. The van der Waals surface area contributed by atoms with Crippen LogP contribution in [-0.4, -0.2) is 62.3 Å². The van der Waals surface area contributed by atoms with Crippen LogP contribution in [0.25, 0.3) is 0 Å². The Kier molecular flexibility index (Phi) is 6.53. The van der Waals surface area contributed by atoms with Gasteiger partial charge in [0, 0.05) is 20.3 Å². The average Bonchev–Trinajstić information content (AvgIpc) is 2.75. The first-order chi connectivity index (χ1) is 9.82. The van der Waals surface area contributed by atoms with Crippen molar-refractivity contribution in [3.63, 3.8) is 0 Å². The number of likely N-dealkylation sites (N-methyl/N-ethyl adjacent to an activating group) is 1. The van der Waals surface area contributed by atoms with E-state index in [1.54, 1.807) is 21.1 Å². The lowest BCUT2D eigenvalue weighted by molar-refractivity contribution is -0.122. The van der Waals surface area contributed by atoms with E-state index in [2.05, 4.69) is 11.0 Å². The Morgan fingerprint density at radius 2 is 2.14 bits per heavy atom. The maximum absolute atomic E-state index is 11.9. The molecule has 1 fully saturated rings. The normalized spacial score (nSPS) is 31.5. The predicted molar refractivity (Wildman–Crippen MR) is 84.2 cm³/mol. The fourth-order valence-electron chi connectivity index (χ4n) is 3.42. The van der Waals surface area contributed by atoms with E-state index in [4.69, 9.17) is 15.2 Å². The van der Waals surface area contributed by atoms with Gasteiger partial charge in [-0.3, -0.25) is 9.69 Å². The van der Waals surface area contributed by atoms with Gasteiger partial charge in [-0.1, -0.05) is 12.2 Å². The third-order valence-electron chi connectivity index (χ3n) is 4.78. The molecule has 0 spiro atoms. The number of nitrogens with two attached hydrogens (primary N) is 1. The van der Waals surface area contributed by atoms with Crippen LogP contribution in [0.3, 0.4) is 0 Å². The van der Waals surface area contributed by atoms with Gasteiger partial charge in [0.15, 0.2) is 0 Å². The molecule has 1 saturated heterocycles. The zero-order chi connectivity index (χ0) is 16.2. The maximum Gasteiger partial charge on any atom is 0.146 e. The molecule has 5 atom stereocenters. The van der Waals surface area contributed by atoms with Crippen LogP contribution in [0.5, 0.6) is 0 Å². The van der Waals surface area contributed by atoms with Crippen molar-refractivity contribution < 1.29 is 14.3 Å². The molecule has 0 aliphatic carbocycles. The zero-order valence-corrected chi connectivity index (χ0v) is 14.1. The van der Waals surface area contributed by atoms with Crippen molar-refractivity contribution in [2.45, 2.75) is 50.9 Å². The Morgan fingerprint density at radius 3 is 2.57 bits per heavy atom. The molecule has 0 aromatic carbocycles. The molecule has 0 radical (unpaired) electrons. The van der Waals surface area contributed by atoms with E-state index >= 15 is 0 Å². The summed E-state index contributed by atoms with van der Waals surface area (Å²) in [4.78, 5) is 14.0. The van der Waals surface area contributed by atoms with E-state index in [1.165, 1.54) is 0 Å². The van der Waals surface area contributed by atoms with E-state index < -0.39 is 5.60 Å². The number of rotatable bonds is 7. The number of likely N-dealkylation sites (tertiary alicyclic amines) is 1. The van der Waals surface area contributed by atoms with Gasteiger partial charge in [0.05, 0.1) is 18.7 Å². The molecule has 1 heterocycles. The molecule has 0 amide bonds. The van der Waals surface area contributed by atoms with Gasteiger partial charge in [-0.05, 0) is 40.2 Å². The van der Waals surface area contributed by atoms with Crippen molar-refractivity contribution in [2.75, 3.05) is 27.9 Å². The molecular weight excluding hydrogens is 268 g/mol. The minimum atomic E-state index is -0.584. The number of Topliss-reactive ketones (excluding diaryl/α,β-unsaturated/α-hetero) is 1. The van der Waals surface area contributed by atoms with Crippen LogP contribution in [-0.2, 0) is 14.3 Å². The fourth-order valence-corrected chi connectivity index (χ4v) is 3.42. The Balaban J connectivity index is 3.07. The standard InChI is InChI=1S/C16H30N2O3/c1-7-8-12-9-13(11(2)19)18(4)14(12)15(17)16(3,21-6)10-20-5/h7-8,12-15H,9-10,17H2,1-6H3/b8-7-/t12-,13-,14?,15?,16?/m1/s1. The molecule has 0 aromatic rings. The highest BCUT2D eigenvalue weighted by molar-refractivity contribution is 5.82. The molecule has 3 unspecified atom stereocenters. The number of ketones is 1. The number of methoxy groups -OCH3 is 2. The molecule has 122 valence electrons. The lowest BCUT2D eigenvalue weighted by Gasteiger charge is -2.41. The van der Waals surface area contributed by atoms with Crippen molar-refractivity contribution >= 4 is 5.78 Å². The van der Waals surface area contributed by atoms with E-state index in [-0.39, 0.29) is 29.8 Å². The van der Waals surface area contributed by atoms with Crippen LogP contribution >= 0.6 is 0 Å². The van der Waals surface area contributed by atoms with Crippen molar-refractivity contribution in [1.82, 2.24) is 4.90 Å². The summed E-state index contributed by atoms with van der Waals surface area (Å²) in [7, 11) is 5.27. The Labute approximate surface area is 128 Å². The third-order valence-corrected chi connectivity index (χ3v) is 4.78. The summed E-state index contributed by atoms with van der Waals surface area (Å²) in [6.45, 7) is 6.02. The highest BCUT2D eigenvalue weighted by Crippen LogP contribution is 2.35. The molecule has 1 rings (SSSR count). The Bertz CT molecular complexity index is 386. The Hall–Kier alpha value is -0.750. The van der Waals surface area contributed by atoms with Crippen molar-refractivity contribution in [3.05, 3.63) is 12.2 Å². The minimum Gasteiger partial charge on any atom is -0.382 e. The van der Waals surface area contributed by atoms with Crippen LogP contribution < -0.4 is 5.73 Å². The van der Waals surface area contributed by atoms with Gasteiger partial charge in [-0.2, -0.15) is 0 Å². The number of nitrogens with zero attached hydrogens (tertiary/aromatic N) is 1. The van der Waals surface area contributed by atoms with Crippen molar-refractivity contribution in [3.8, 4) is 0 Å². The van der Waals surface area contributed by atoms with Crippen LogP contribution in [0, 0.1) is 5.92 Å². The van der Waals surface area contributed by atoms with Crippen molar-refractivity contribution in [2.24, 2.45) is 11.7 Å². The quantitative estimate of drug-likeness (QED) is 0.716. The lowest BCUT2D eigenvalue weighted by Crippen LogP contribution is -2.61. The monoisotopic (exact) mass is 298 g/mol. The molecule has 0 aromatic heterocycles. The smallest absolute Gasteiger partial charge is 0.146 e. The summed E-state index contributed by atoms with van der Waals surface area (Å²) in [5.41, 5.74) is 5.95. The number of ether oxygens (including phenoxy) is 2. The summed E-state index contributed by atoms with van der Waals surface area (Å²) in [6.07, 6.45) is 4.98. The van der Waals surface area contributed by atoms with Gasteiger partial charge in [0.1, 0.15) is 11.4 Å². The van der Waals surface area contributed by atoms with Gasteiger partial charge in [-0.15, -0.1) is 0 Å². The summed E-state index contributed by atoms with van der Waals surface area (Å²) >= 11 is 0. The predicted octanol–water partition coefficient (Wildman–Crippen LogP) is 1.22. The number of carbonyl (C=O) groups excluding carboxylic acids is 1. The Morgan fingerprint density at radius 1 is 1.52 bits per heavy atom. The van der Waals surface area contributed by atoms with Crippen LogP contribution in [0.2, 0.25) is 0 Å². The maximum atomic E-state index is 11.9. The topological polar surface area (TPSA) is 64.8 Å². The second-order valence-electron chi connectivity index (χ2n) is 6.18. The van der Waals surface area contributed by atoms with Gasteiger partial charge < -0.3 is 15.2 Å². The molecule has 0 bridgehead atoms. The summed E-state index contributed by atoms with van der Waals surface area (Å²) in [5.74, 6) is 0.433. The highest BCUT2D eigenvalue weighted by Gasteiger charge is 2.48. The summed E-state index contributed by atoms with van der Waals surface area (Å²) < 4.78 is 10.9. The number of allylic oxidation sites excluding steroid dienone is 1. The molecule has 5 heteroatoms. The van der Waals surface area contributed by atoms with E-state index in [0.29, 0.717) is 6.61 Å². The van der Waals surface area contributed by atoms with E-state index in [9.17, 15) is 4.79 Å². The van der Waals surface area contributed by atoms with Crippen molar-refractivity contribution in [1.29, 1.82) is 0 Å². The first-order valence-electron chi connectivity index (χ1n) is 7.47. The van der Waals surface area contributed by atoms with E-state index in [0.717, 1.165) is 6.42 Å². The molecule has 2 N–H and O–H groups in total. The van der Waals surface area contributed by atoms with Crippen LogP contribution in [0.15, 0.2) is 12.2 Å². The van der Waals surface area contributed by atoms with Gasteiger partial charge in [0.25, 0.3) is 0 Å². The molecule has 1 aliphatic rings. The fraction of sp³-hybridized carbons (Fsp3) is 0.812. The molecule has 21 heavy (non-hydrogen) atoms. The van der Waals surface area contributed by atoms with E-state index in [1.807, 2.05) is 27.0 Å². The molecule has 5 nitrogen and oxygen atoms in total. The number of hydrogen-bond acceptors (Lipinski definition) is 5. The first kappa shape index (κ1) is 18.3. The van der Waals surface area contributed by atoms with Crippen LogP contribution in [0.1, 0.15) is 27.2 Å². The molecular formula is C16H30N2O3. The number of hydrogen-bond donors (Lipinski definition) is 1. The summed E-state index contributed by atoms with van der Waals surface area (Å²) in [5, 5.41) is 0. The highest BCUT2D eigenvalue weighted by atomic mass is 16.5. The average molecular weight is 298 g/mol. The molecule has 0 saturated carbocycles. The lowest BCUT2D eigenvalue weighted by atomic mass is 9.84. The third kappa shape index (κ3) is 3.72. The minimum absolute atomic E-state index is 0.0511. The molecule has 1 aliphatic heterocycles. The van der Waals surface area contributed by atoms with Gasteiger partial charge in [0.2, 0.25) is 0 Å². The van der Waals surface area contributed by atoms with Gasteiger partial charge in [-0.25, -0.2) is 0 Å². The summed E-state index contributed by atoms with van der Waals surface area (Å²) in [6, 6.07) is -0.279. The second-order valence-corrected chi connectivity index (χ2v) is 6.18. The first-order valence-corrected chi connectivity index (χ1v) is 7.47. The zero-order valence-electron chi connectivity index (χ0n) is 14.1. The van der Waals surface area contributed by atoms with Crippen LogP contribution in [0.4, 0.5) is 0 Å². The van der Waals surface area contributed by atoms with Gasteiger partial charge >= 0.3 is 0 Å².